The van der Waals surface area contributed by atoms with Gasteiger partial charge in [-0.25, -0.2) is 4.98 Å². The van der Waals surface area contributed by atoms with Gasteiger partial charge in [0.2, 0.25) is 0 Å². The number of carbonyl (C=O) groups is 2. The molecule has 12 heteroatoms. The summed E-state index contributed by atoms with van der Waals surface area (Å²) in [5, 5.41) is 5.78. The zero-order valence-electron chi connectivity index (χ0n) is 20.5. The number of benzene rings is 3. The second-order valence-corrected chi connectivity index (χ2v) is 9.31. The molecule has 1 aromatic heterocycles. The van der Waals surface area contributed by atoms with Gasteiger partial charge in [0.05, 0.1) is 22.2 Å². The SMILES string of the molecule is Cc1c(Cl)cccc1NC(=O)c1cc(NC(=O)c2ccccc2C(F)(F)F)cc2[nH]c([C@H]3CCCO3)nc12.Cl. The third kappa shape index (κ3) is 5.88. The molecule has 0 bridgehead atoms. The molecule has 2 heterocycles. The quantitative estimate of drug-likeness (QED) is 0.231. The third-order valence-corrected chi connectivity index (χ3v) is 6.74. The van der Waals surface area contributed by atoms with E-state index in [-0.39, 0.29) is 29.8 Å². The molecule has 1 saturated heterocycles. The number of nitrogens with zero attached hydrogens (tertiary/aromatic N) is 1. The Balaban J connectivity index is 0.00000353. The van der Waals surface area contributed by atoms with Crippen molar-refractivity contribution in [3.05, 3.63) is 87.7 Å². The van der Waals surface area contributed by atoms with Crippen LogP contribution >= 0.6 is 24.0 Å². The van der Waals surface area contributed by atoms with Crippen molar-refractivity contribution in [2.24, 2.45) is 0 Å². The zero-order valence-corrected chi connectivity index (χ0v) is 22.1. The van der Waals surface area contributed by atoms with Gasteiger partial charge in [-0.2, -0.15) is 13.2 Å². The molecule has 1 aliphatic rings. The molecule has 1 aliphatic heterocycles. The largest absolute Gasteiger partial charge is 0.417 e. The molecular formula is C27H23Cl2F3N4O3. The van der Waals surface area contributed by atoms with Crippen LogP contribution < -0.4 is 10.6 Å². The number of amides is 2. The predicted octanol–water partition coefficient (Wildman–Crippen LogP) is 7.32. The summed E-state index contributed by atoms with van der Waals surface area (Å²) in [4.78, 5) is 34.1. The highest BCUT2D eigenvalue weighted by Gasteiger charge is 2.35. The zero-order chi connectivity index (χ0) is 27.0. The minimum atomic E-state index is -4.71. The summed E-state index contributed by atoms with van der Waals surface area (Å²) >= 11 is 6.19. The smallest absolute Gasteiger partial charge is 0.370 e. The number of halogens is 5. The molecule has 39 heavy (non-hydrogen) atoms. The fourth-order valence-corrected chi connectivity index (χ4v) is 4.56. The lowest BCUT2D eigenvalue weighted by Gasteiger charge is -2.14. The average molecular weight is 579 g/mol. The first-order valence-electron chi connectivity index (χ1n) is 11.8. The molecule has 0 radical (unpaired) electrons. The fraction of sp³-hybridized carbons (Fsp3) is 0.222. The predicted molar refractivity (Wildman–Crippen MR) is 145 cm³/mol. The summed E-state index contributed by atoms with van der Waals surface area (Å²) < 4.78 is 46.1. The Hall–Kier alpha value is -3.60. The van der Waals surface area contributed by atoms with Crippen LogP contribution in [0, 0.1) is 6.92 Å². The van der Waals surface area contributed by atoms with Crippen molar-refractivity contribution in [3.63, 3.8) is 0 Å². The number of imidazole rings is 1. The molecule has 0 spiro atoms. The Morgan fingerprint density at radius 1 is 1.05 bits per heavy atom. The fourth-order valence-electron chi connectivity index (χ4n) is 4.39. The number of aromatic amines is 1. The van der Waals surface area contributed by atoms with Gasteiger partial charge < -0.3 is 20.4 Å². The number of hydrogen-bond acceptors (Lipinski definition) is 4. The Kier molecular flexibility index (Phi) is 8.20. The number of fused-ring (bicyclic) bond motifs is 1. The molecule has 0 unspecified atom stereocenters. The molecule has 2 amide bonds. The standard InChI is InChI=1S/C27H22ClF3N4O3.ClH/c1-14-19(28)8-4-9-20(14)34-26(37)17-12-15(13-21-23(17)35-24(33-21)22-10-5-11-38-22)32-25(36)16-6-2-3-7-18(16)27(29,30)31;/h2-4,6-9,12-13,22H,5,10-11H2,1H3,(H,32,36)(H,33,35)(H,34,37);1H/t22-;/m1./s1. The summed E-state index contributed by atoms with van der Waals surface area (Å²) in [6.45, 7) is 2.34. The van der Waals surface area contributed by atoms with Crippen LogP contribution in [0.15, 0.2) is 54.6 Å². The molecule has 204 valence electrons. The average Bonchev–Trinajstić information content (AvgIpc) is 3.56. The van der Waals surface area contributed by atoms with Crippen molar-refractivity contribution in [2.45, 2.75) is 32.0 Å². The number of nitrogens with one attached hydrogen (secondary N) is 3. The number of hydrogen-bond donors (Lipinski definition) is 3. The first-order valence-corrected chi connectivity index (χ1v) is 12.2. The van der Waals surface area contributed by atoms with Gasteiger partial charge in [-0.3, -0.25) is 9.59 Å². The molecule has 5 rings (SSSR count). The van der Waals surface area contributed by atoms with Crippen molar-refractivity contribution in [1.29, 1.82) is 0 Å². The highest BCUT2D eigenvalue weighted by atomic mass is 35.5. The van der Waals surface area contributed by atoms with Crippen LogP contribution in [-0.4, -0.2) is 28.4 Å². The van der Waals surface area contributed by atoms with E-state index in [1.54, 1.807) is 25.1 Å². The maximum Gasteiger partial charge on any atom is 0.417 e. The molecule has 1 fully saturated rings. The van der Waals surface area contributed by atoms with Crippen molar-refractivity contribution in [1.82, 2.24) is 9.97 Å². The van der Waals surface area contributed by atoms with Gasteiger partial charge in [-0.1, -0.05) is 29.8 Å². The first kappa shape index (κ1) is 28.4. The van der Waals surface area contributed by atoms with Gasteiger partial charge in [0.1, 0.15) is 17.4 Å². The topological polar surface area (TPSA) is 96.1 Å². The number of ether oxygens (including phenoxy) is 1. The van der Waals surface area contributed by atoms with E-state index < -0.39 is 29.1 Å². The molecule has 3 N–H and O–H groups in total. The van der Waals surface area contributed by atoms with E-state index in [0.717, 1.165) is 25.0 Å². The Labute approximate surface area is 232 Å². The maximum atomic E-state index is 13.5. The van der Waals surface area contributed by atoms with Crippen molar-refractivity contribution < 1.29 is 27.5 Å². The third-order valence-electron chi connectivity index (χ3n) is 6.34. The first-order chi connectivity index (χ1) is 18.1. The van der Waals surface area contributed by atoms with Crippen LogP contribution in [0.5, 0.6) is 0 Å². The summed E-state index contributed by atoms with van der Waals surface area (Å²) in [5.41, 5.74) is 0.539. The van der Waals surface area contributed by atoms with E-state index in [4.69, 9.17) is 16.3 Å². The molecule has 3 aromatic carbocycles. The summed E-state index contributed by atoms with van der Waals surface area (Å²) in [7, 11) is 0. The monoisotopic (exact) mass is 578 g/mol. The Bertz CT molecular complexity index is 1550. The maximum absolute atomic E-state index is 13.5. The molecular weight excluding hydrogens is 556 g/mol. The second-order valence-electron chi connectivity index (χ2n) is 8.91. The number of carbonyl (C=O) groups excluding carboxylic acids is 2. The lowest BCUT2D eigenvalue weighted by molar-refractivity contribution is -0.137. The Morgan fingerprint density at radius 2 is 1.79 bits per heavy atom. The van der Waals surface area contributed by atoms with Gasteiger partial charge >= 0.3 is 6.18 Å². The van der Waals surface area contributed by atoms with Gasteiger partial charge in [-0.05, 0) is 61.7 Å². The number of anilines is 2. The van der Waals surface area contributed by atoms with Gasteiger partial charge in [0.25, 0.3) is 11.8 Å². The van der Waals surface area contributed by atoms with Gasteiger partial charge in [-0.15, -0.1) is 12.4 Å². The van der Waals surface area contributed by atoms with Crippen LogP contribution in [0.3, 0.4) is 0 Å². The summed E-state index contributed by atoms with van der Waals surface area (Å²) in [5.74, 6) is -0.970. The van der Waals surface area contributed by atoms with Crippen LogP contribution in [0.2, 0.25) is 5.02 Å². The van der Waals surface area contributed by atoms with Crippen molar-refractivity contribution >= 4 is 58.2 Å². The van der Waals surface area contributed by atoms with Crippen LogP contribution in [-0.2, 0) is 10.9 Å². The molecule has 7 nitrogen and oxygen atoms in total. The molecule has 1 atom stereocenters. The van der Waals surface area contributed by atoms with Crippen LogP contribution in [0.25, 0.3) is 11.0 Å². The van der Waals surface area contributed by atoms with E-state index in [1.165, 1.54) is 24.3 Å². The summed E-state index contributed by atoms with van der Waals surface area (Å²) in [6.07, 6.45) is -3.37. The van der Waals surface area contributed by atoms with E-state index in [2.05, 4.69) is 20.6 Å². The number of alkyl halides is 3. The number of H-pyrrole nitrogens is 1. The number of rotatable bonds is 5. The minimum Gasteiger partial charge on any atom is -0.370 e. The summed E-state index contributed by atoms with van der Waals surface area (Å²) in [6, 6.07) is 12.5. The van der Waals surface area contributed by atoms with Crippen molar-refractivity contribution in [2.75, 3.05) is 17.2 Å². The van der Waals surface area contributed by atoms with E-state index in [1.807, 2.05) is 0 Å². The molecule has 0 saturated carbocycles. The second kappa shape index (κ2) is 11.3. The van der Waals surface area contributed by atoms with Gasteiger partial charge in [0, 0.05) is 23.0 Å². The van der Waals surface area contributed by atoms with Crippen LogP contribution in [0.4, 0.5) is 24.5 Å². The highest BCUT2D eigenvalue weighted by Crippen LogP contribution is 2.34. The van der Waals surface area contributed by atoms with Crippen molar-refractivity contribution in [3.8, 4) is 0 Å². The minimum absolute atomic E-state index is 0. The molecule has 4 aromatic rings. The van der Waals surface area contributed by atoms with Gasteiger partial charge in [0.15, 0.2) is 0 Å². The molecule has 0 aliphatic carbocycles. The lowest BCUT2D eigenvalue weighted by atomic mass is 10.1. The van der Waals surface area contributed by atoms with E-state index in [0.29, 0.717) is 39.7 Å². The van der Waals surface area contributed by atoms with E-state index >= 15 is 0 Å². The number of aromatic nitrogens is 2. The lowest BCUT2D eigenvalue weighted by Crippen LogP contribution is -2.19. The normalized spacial score (nSPS) is 15.2. The van der Waals surface area contributed by atoms with E-state index in [9.17, 15) is 22.8 Å². The Morgan fingerprint density at radius 3 is 2.51 bits per heavy atom. The highest BCUT2D eigenvalue weighted by molar-refractivity contribution is 6.31. The van der Waals surface area contributed by atoms with Crippen LogP contribution in [0.1, 0.15) is 56.6 Å².